The molecule has 0 fully saturated rings. The average Bonchev–Trinajstić information content (AvgIpc) is 2.39. The molecule has 0 atom stereocenters. The molecule has 0 heterocycles. The highest BCUT2D eigenvalue weighted by Crippen LogP contribution is 2.20. The number of benzene rings is 2. The van der Waals surface area contributed by atoms with Crippen LogP contribution < -0.4 is 10.5 Å². The van der Waals surface area contributed by atoms with Gasteiger partial charge in [0.15, 0.2) is 0 Å². The van der Waals surface area contributed by atoms with Crippen molar-refractivity contribution in [2.45, 2.75) is 20.1 Å². The summed E-state index contributed by atoms with van der Waals surface area (Å²) in [4.78, 5) is 0. The standard InChI is InChI=1S/C15H16ClNO/c1-11-2-6-14(7-3-11)18-10-13-5-4-12(9-17)8-15(13)16/h2-8H,9-10,17H2,1H3. The van der Waals surface area contributed by atoms with E-state index in [0.29, 0.717) is 18.2 Å². The first-order valence-electron chi connectivity index (χ1n) is 5.86. The van der Waals surface area contributed by atoms with E-state index in [1.54, 1.807) is 0 Å². The second-order valence-corrected chi connectivity index (χ2v) is 4.64. The van der Waals surface area contributed by atoms with Crippen LogP contribution in [0.25, 0.3) is 0 Å². The van der Waals surface area contributed by atoms with E-state index in [1.165, 1.54) is 5.56 Å². The lowest BCUT2D eigenvalue weighted by Crippen LogP contribution is -1.99. The summed E-state index contributed by atoms with van der Waals surface area (Å²) in [7, 11) is 0. The molecule has 0 radical (unpaired) electrons. The van der Waals surface area contributed by atoms with Gasteiger partial charge in [-0.1, -0.05) is 41.4 Å². The van der Waals surface area contributed by atoms with Gasteiger partial charge in [0, 0.05) is 17.1 Å². The number of aryl methyl sites for hydroxylation is 1. The molecule has 2 aromatic carbocycles. The Morgan fingerprint density at radius 1 is 1.11 bits per heavy atom. The van der Waals surface area contributed by atoms with Crippen molar-refractivity contribution in [1.82, 2.24) is 0 Å². The average molecular weight is 262 g/mol. The summed E-state index contributed by atoms with van der Waals surface area (Å²) in [5.41, 5.74) is 8.77. The van der Waals surface area contributed by atoms with Crippen molar-refractivity contribution in [1.29, 1.82) is 0 Å². The maximum atomic E-state index is 6.16. The zero-order valence-electron chi connectivity index (χ0n) is 10.3. The molecular weight excluding hydrogens is 246 g/mol. The van der Waals surface area contributed by atoms with Gasteiger partial charge in [0.25, 0.3) is 0 Å². The molecule has 0 spiro atoms. The van der Waals surface area contributed by atoms with E-state index >= 15 is 0 Å². The van der Waals surface area contributed by atoms with Gasteiger partial charge >= 0.3 is 0 Å². The summed E-state index contributed by atoms with van der Waals surface area (Å²) < 4.78 is 5.69. The smallest absolute Gasteiger partial charge is 0.119 e. The van der Waals surface area contributed by atoms with E-state index in [-0.39, 0.29) is 0 Å². The third-order valence-electron chi connectivity index (χ3n) is 2.77. The molecule has 0 unspecified atom stereocenters. The fraction of sp³-hybridized carbons (Fsp3) is 0.200. The first-order valence-corrected chi connectivity index (χ1v) is 6.23. The first-order chi connectivity index (χ1) is 8.69. The van der Waals surface area contributed by atoms with Crippen molar-refractivity contribution in [2.24, 2.45) is 5.73 Å². The van der Waals surface area contributed by atoms with E-state index in [2.05, 4.69) is 0 Å². The molecule has 0 saturated heterocycles. The fourth-order valence-electron chi connectivity index (χ4n) is 1.63. The molecule has 94 valence electrons. The predicted molar refractivity (Wildman–Crippen MR) is 74.9 cm³/mol. The SMILES string of the molecule is Cc1ccc(OCc2ccc(CN)cc2Cl)cc1. The third-order valence-corrected chi connectivity index (χ3v) is 3.12. The minimum absolute atomic E-state index is 0.465. The lowest BCUT2D eigenvalue weighted by molar-refractivity contribution is 0.306. The number of rotatable bonds is 4. The van der Waals surface area contributed by atoms with Gasteiger partial charge in [0.05, 0.1) is 0 Å². The summed E-state index contributed by atoms with van der Waals surface area (Å²) in [6.45, 7) is 3.01. The minimum atomic E-state index is 0.465. The summed E-state index contributed by atoms with van der Waals surface area (Å²) >= 11 is 6.16. The molecule has 18 heavy (non-hydrogen) atoms. The number of halogens is 1. The Hall–Kier alpha value is -1.51. The quantitative estimate of drug-likeness (QED) is 0.911. The van der Waals surface area contributed by atoms with Crippen LogP contribution in [0.2, 0.25) is 5.02 Å². The van der Waals surface area contributed by atoms with E-state index in [0.717, 1.165) is 16.9 Å². The van der Waals surface area contributed by atoms with Gasteiger partial charge in [0.1, 0.15) is 12.4 Å². The maximum absolute atomic E-state index is 6.16. The van der Waals surface area contributed by atoms with Gasteiger partial charge in [-0.15, -0.1) is 0 Å². The predicted octanol–water partition coefficient (Wildman–Crippen LogP) is 3.69. The molecule has 0 aliphatic heterocycles. The molecule has 2 N–H and O–H groups in total. The zero-order chi connectivity index (χ0) is 13.0. The van der Waals surface area contributed by atoms with Gasteiger partial charge in [-0.2, -0.15) is 0 Å². The van der Waals surface area contributed by atoms with Crippen molar-refractivity contribution < 1.29 is 4.74 Å². The molecule has 0 aromatic heterocycles. The molecule has 2 aromatic rings. The Balaban J connectivity index is 2.04. The van der Waals surface area contributed by atoms with Crippen molar-refractivity contribution in [3.63, 3.8) is 0 Å². The van der Waals surface area contributed by atoms with Crippen molar-refractivity contribution in [3.05, 3.63) is 64.2 Å². The van der Waals surface area contributed by atoms with Crippen molar-refractivity contribution in [2.75, 3.05) is 0 Å². The summed E-state index contributed by atoms with van der Waals surface area (Å²) in [6, 6.07) is 13.8. The second-order valence-electron chi connectivity index (χ2n) is 4.23. The Labute approximate surface area is 112 Å². The van der Waals surface area contributed by atoms with E-state index in [9.17, 15) is 0 Å². The molecule has 0 aliphatic carbocycles. The van der Waals surface area contributed by atoms with E-state index < -0.39 is 0 Å². The number of hydrogen-bond donors (Lipinski definition) is 1. The van der Waals surface area contributed by atoms with Gasteiger partial charge in [-0.25, -0.2) is 0 Å². The lowest BCUT2D eigenvalue weighted by atomic mass is 10.1. The van der Waals surface area contributed by atoms with Crippen LogP contribution in [0.5, 0.6) is 5.75 Å². The summed E-state index contributed by atoms with van der Waals surface area (Å²) in [5.74, 6) is 0.847. The van der Waals surface area contributed by atoms with Crippen molar-refractivity contribution in [3.8, 4) is 5.75 Å². The van der Waals surface area contributed by atoms with Crippen LogP contribution >= 0.6 is 11.6 Å². The maximum Gasteiger partial charge on any atom is 0.119 e. The highest BCUT2D eigenvalue weighted by Gasteiger charge is 2.02. The van der Waals surface area contributed by atoms with Crippen LogP contribution in [0.1, 0.15) is 16.7 Å². The highest BCUT2D eigenvalue weighted by atomic mass is 35.5. The number of nitrogens with two attached hydrogens (primary N) is 1. The Morgan fingerprint density at radius 2 is 1.83 bits per heavy atom. The van der Waals surface area contributed by atoms with Gasteiger partial charge in [-0.05, 0) is 30.7 Å². The first kappa shape index (κ1) is 12.9. The normalized spacial score (nSPS) is 10.4. The fourth-order valence-corrected chi connectivity index (χ4v) is 1.89. The van der Waals surface area contributed by atoms with Crippen LogP contribution in [-0.2, 0) is 13.2 Å². The van der Waals surface area contributed by atoms with Crippen LogP contribution in [-0.4, -0.2) is 0 Å². The van der Waals surface area contributed by atoms with Crippen LogP contribution in [0.3, 0.4) is 0 Å². The Bertz CT molecular complexity index is 523. The van der Waals surface area contributed by atoms with Crippen LogP contribution in [0, 0.1) is 6.92 Å². The monoisotopic (exact) mass is 261 g/mol. The molecule has 0 bridgehead atoms. The summed E-state index contributed by atoms with van der Waals surface area (Å²) in [6.07, 6.45) is 0. The molecule has 2 nitrogen and oxygen atoms in total. The van der Waals surface area contributed by atoms with Crippen LogP contribution in [0.15, 0.2) is 42.5 Å². The van der Waals surface area contributed by atoms with Gasteiger partial charge in [-0.3, -0.25) is 0 Å². The van der Waals surface area contributed by atoms with Gasteiger partial charge in [0.2, 0.25) is 0 Å². The second kappa shape index (κ2) is 5.89. The third kappa shape index (κ3) is 3.25. The zero-order valence-corrected chi connectivity index (χ0v) is 11.1. The van der Waals surface area contributed by atoms with Crippen molar-refractivity contribution >= 4 is 11.6 Å². The molecule has 0 amide bonds. The highest BCUT2D eigenvalue weighted by molar-refractivity contribution is 6.31. The van der Waals surface area contributed by atoms with E-state index in [4.69, 9.17) is 22.1 Å². The topological polar surface area (TPSA) is 35.2 Å². The number of ether oxygens (including phenoxy) is 1. The Morgan fingerprint density at radius 3 is 2.44 bits per heavy atom. The number of hydrogen-bond acceptors (Lipinski definition) is 2. The largest absolute Gasteiger partial charge is 0.489 e. The minimum Gasteiger partial charge on any atom is -0.489 e. The molecular formula is C15H16ClNO. The van der Waals surface area contributed by atoms with Gasteiger partial charge < -0.3 is 10.5 Å². The molecule has 3 heteroatoms. The molecule has 0 saturated carbocycles. The molecule has 0 aliphatic rings. The van der Waals surface area contributed by atoms with E-state index in [1.807, 2.05) is 49.4 Å². The molecule has 2 rings (SSSR count). The summed E-state index contributed by atoms with van der Waals surface area (Å²) in [5, 5.41) is 0.699. The Kier molecular flexibility index (Phi) is 4.24. The lowest BCUT2D eigenvalue weighted by Gasteiger charge is -2.09. The van der Waals surface area contributed by atoms with Crippen LogP contribution in [0.4, 0.5) is 0 Å².